The Hall–Kier alpha value is -3.31. The first-order valence-electron chi connectivity index (χ1n) is 9.17. The van der Waals surface area contributed by atoms with Gasteiger partial charge in [-0.05, 0) is 29.8 Å². The lowest BCUT2D eigenvalue weighted by atomic mass is 10.1. The van der Waals surface area contributed by atoms with Crippen LogP contribution in [0.2, 0.25) is 5.02 Å². The van der Waals surface area contributed by atoms with Crippen LogP contribution in [0.4, 0.5) is 5.69 Å². The molecule has 4 rings (SSSR count). The predicted octanol–water partition coefficient (Wildman–Crippen LogP) is 4.89. The second-order valence-electron chi connectivity index (χ2n) is 6.70. The van der Waals surface area contributed by atoms with E-state index in [-0.39, 0.29) is 5.91 Å². The predicted molar refractivity (Wildman–Crippen MR) is 112 cm³/mol. The van der Waals surface area contributed by atoms with Gasteiger partial charge in [-0.3, -0.25) is 4.79 Å². The first-order chi connectivity index (χ1) is 14.1. The van der Waals surface area contributed by atoms with E-state index >= 15 is 0 Å². The molecule has 0 saturated heterocycles. The normalized spacial score (nSPS) is 15.2. The summed E-state index contributed by atoms with van der Waals surface area (Å²) >= 11 is 6.34. The fourth-order valence-electron chi connectivity index (χ4n) is 3.54. The molecule has 0 bridgehead atoms. The van der Waals surface area contributed by atoms with Gasteiger partial charge in [0.15, 0.2) is 0 Å². The van der Waals surface area contributed by atoms with Crippen LogP contribution in [0.5, 0.6) is 0 Å². The minimum absolute atomic E-state index is 0.0893. The molecule has 0 aromatic heterocycles. The zero-order chi connectivity index (χ0) is 20.4. The van der Waals surface area contributed by atoms with Gasteiger partial charge in [-0.1, -0.05) is 60.1 Å². The van der Waals surface area contributed by atoms with Crippen molar-refractivity contribution in [3.05, 3.63) is 100 Å². The van der Waals surface area contributed by atoms with Gasteiger partial charge in [0, 0.05) is 22.7 Å². The number of amides is 1. The third-order valence-corrected chi connectivity index (χ3v) is 5.35. The number of hydrogen-bond donors (Lipinski definition) is 1. The third-order valence-electron chi connectivity index (χ3n) is 4.98. The fourth-order valence-corrected chi connectivity index (χ4v) is 3.74. The van der Waals surface area contributed by atoms with E-state index < -0.39 is 12.1 Å². The Kier molecular flexibility index (Phi) is 5.23. The second-order valence-corrected chi connectivity index (χ2v) is 7.10. The van der Waals surface area contributed by atoms with Gasteiger partial charge < -0.3 is 15.0 Å². The number of nitrogens with zero attached hydrogens (tertiary/aromatic N) is 1. The summed E-state index contributed by atoms with van der Waals surface area (Å²) in [4.78, 5) is 27.0. The summed E-state index contributed by atoms with van der Waals surface area (Å²) < 4.78 is 4.89. The Labute approximate surface area is 173 Å². The van der Waals surface area contributed by atoms with E-state index in [0.717, 1.165) is 11.1 Å². The van der Waals surface area contributed by atoms with Crippen LogP contribution >= 0.6 is 11.6 Å². The summed E-state index contributed by atoms with van der Waals surface area (Å²) in [6, 6.07) is 22.0. The molecule has 146 valence electrons. The number of hydrogen-bond acceptors (Lipinski definition) is 4. The van der Waals surface area contributed by atoms with Gasteiger partial charge in [-0.25, -0.2) is 4.79 Å². The van der Waals surface area contributed by atoms with E-state index in [4.69, 9.17) is 16.3 Å². The summed E-state index contributed by atoms with van der Waals surface area (Å²) in [5.74, 6) is -0.531. The molecular formula is C23H19ClN2O3. The van der Waals surface area contributed by atoms with Gasteiger partial charge in [0.05, 0.1) is 18.4 Å². The molecule has 29 heavy (non-hydrogen) atoms. The third kappa shape index (κ3) is 3.57. The number of rotatable bonds is 5. The molecule has 3 aromatic carbocycles. The van der Waals surface area contributed by atoms with Crippen LogP contribution in [0.1, 0.15) is 38.0 Å². The fraction of sp³-hybridized carbons (Fsp3) is 0.130. The van der Waals surface area contributed by atoms with Gasteiger partial charge in [-0.2, -0.15) is 0 Å². The number of anilines is 1. The molecule has 1 unspecified atom stereocenters. The van der Waals surface area contributed by atoms with Crippen LogP contribution in [-0.4, -0.2) is 23.9 Å². The molecule has 5 nitrogen and oxygen atoms in total. The smallest absolute Gasteiger partial charge is 0.339 e. The van der Waals surface area contributed by atoms with Gasteiger partial charge in [0.2, 0.25) is 0 Å². The van der Waals surface area contributed by atoms with E-state index in [1.165, 1.54) is 7.11 Å². The Bertz CT molecular complexity index is 1080. The molecule has 1 aliphatic rings. The lowest BCUT2D eigenvalue weighted by Crippen LogP contribution is -2.32. The summed E-state index contributed by atoms with van der Waals surface area (Å²) in [5, 5.41) is 3.96. The molecule has 1 amide bonds. The van der Waals surface area contributed by atoms with Crippen molar-refractivity contribution in [1.29, 1.82) is 0 Å². The maximum absolute atomic E-state index is 13.1. The monoisotopic (exact) mass is 406 g/mol. The Morgan fingerprint density at radius 3 is 2.52 bits per heavy atom. The van der Waals surface area contributed by atoms with Crippen molar-refractivity contribution in [1.82, 2.24) is 4.90 Å². The molecule has 3 aromatic rings. The maximum Gasteiger partial charge on any atom is 0.339 e. The summed E-state index contributed by atoms with van der Waals surface area (Å²) in [6.07, 6.45) is -0.444. The number of halogens is 1. The van der Waals surface area contributed by atoms with Gasteiger partial charge in [0.25, 0.3) is 5.91 Å². The number of nitrogens with one attached hydrogen (secondary N) is 1. The van der Waals surface area contributed by atoms with Crippen molar-refractivity contribution in [3.63, 3.8) is 0 Å². The summed E-state index contributed by atoms with van der Waals surface area (Å²) in [6.45, 7) is 0.339. The molecule has 6 heteroatoms. The Morgan fingerprint density at radius 2 is 1.72 bits per heavy atom. The number of methoxy groups -OCH3 is 1. The highest BCUT2D eigenvalue weighted by atomic mass is 35.5. The average Bonchev–Trinajstić information content (AvgIpc) is 3.01. The van der Waals surface area contributed by atoms with Crippen molar-refractivity contribution in [2.24, 2.45) is 0 Å². The molecule has 0 radical (unpaired) electrons. The van der Waals surface area contributed by atoms with Gasteiger partial charge >= 0.3 is 5.97 Å². The number of para-hydroxylation sites is 1. The quantitative estimate of drug-likeness (QED) is 0.612. The number of fused-ring (bicyclic) bond motifs is 1. The van der Waals surface area contributed by atoms with E-state index in [0.29, 0.717) is 28.4 Å². The highest BCUT2D eigenvalue weighted by Gasteiger charge is 2.37. The van der Waals surface area contributed by atoms with Gasteiger partial charge in [0.1, 0.15) is 6.17 Å². The molecule has 0 saturated carbocycles. The zero-order valence-electron chi connectivity index (χ0n) is 15.8. The molecule has 1 heterocycles. The van der Waals surface area contributed by atoms with Crippen LogP contribution in [0.15, 0.2) is 72.8 Å². The highest BCUT2D eigenvalue weighted by molar-refractivity contribution is 6.31. The van der Waals surface area contributed by atoms with Crippen LogP contribution in [-0.2, 0) is 11.3 Å². The SMILES string of the molecule is COC(=O)c1ccccc1NC1c2ccccc2C(=O)N1Cc1ccccc1Cl. The first kappa shape index (κ1) is 19.0. The largest absolute Gasteiger partial charge is 0.465 e. The number of ether oxygens (including phenoxy) is 1. The van der Waals surface area contributed by atoms with E-state index in [1.54, 1.807) is 29.2 Å². The van der Waals surface area contributed by atoms with E-state index in [9.17, 15) is 9.59 Å². The van der Waals surface area contributed by atoms with Crippen LogP contribution in [0, 0.1) is 0 Å². The number of carbonyl (C=O) groups excluding carboxylic acids is 2. The molecule has 1 atom stereocenters. The van der Waals surface area contributed by atoms with Crippen molar-refractivity contribution in [2.45, 2.75) is 12.7 Å². The number of carbonyl (C=O) groups is 2. The van der Waals surface area contributed by atoms with Crippen molar-refractivity contribution < 1.29 is 14.3 Å². The lowest BCUT2D eigenvalue weighted by molar-refractivity contribution is 0.0601. The van der Waals surface area contributed by atoms with Crippen molar-refractivity contribution in [2.75, 3.05) is 12.4 Å². The molecule has 0 aliphatic carbocycles. The molecule has 1 N–H and O–H groups in total. The zero-order valence-corrected chi connectivity index (χ0v) is 16.5. The molecule has 0 spiro atoms. The number of benzene rings is 3. The Balaban J connectivity index is 1.74. The van der Waals surface area contributed by atoms with E-state index in [1.807, 2.05) is 48.5 Å². The lowest BCUT2D eigenvalue weighted by Gasteiger charge is -2.28. The minimum atomic E-state index is -0.444. The second kappa shape index (κ2) is 7.97. The summed E-state index contributed by atoms with van der Waals surface area (Å²) in [7, 11) is 1.34. The highest BCUT2D eigenvalue weighted by Crippen LogP contribution is 2.37. The van der Waals surface area contributed by atoms with Crippen LogP contribution in [0.3, 0.4) is 0 Å². The topological polar surface area (TPSA) is 58.6 Å². The Morgan fingerprint density at radius 1 is 1.03 bits per heavy atom. The molecular weight excluding hydrogens is 388 g/mol. The average molecular weight is 407 g/mol. The minimum Gasteiger partial charge on any atom is -0.465 e. The van der Waals surface area contributed by atoms with E-state index in [2.05, 4.69) is 5.32 Å². The van der Waals surface area contributed by atoms with Crippen LogP contribution in [0.25, 0.3) is 0 Å². The van der Waals surface area contributed by atoms with Crippen molar-refractivity contribution in [3.8, 4) is 0 Å². The molecule has 0 fully saturated rings. The maximum atomic E-state index is 13.1. The standard InChI is InChI=1S/C23H19ClN2O3/c1-29-23(28)18-11-5-7-13-20(18)25-21-16-9-3-4-10-17(16)22(27)26(21)14-15-8-2-6-12-19(15)24/h2-13,21,25H,14H2,1H3. The van der Waals surface area contributed by atoms with Gasteiger partial charge in [-0.15, -0.1) is 0 Å². The molecule has 1 aliphatic heterocycles. The summed E-state index contributed by atoms with van der Waals surface area (Å²) in [5.41, 5.74) is 3.34. The van der Waals surface area contributed by atoms with Crippen molar-refractivity contribution >= 4 is 29.2 Å². The number of esters is 1. The van der Waals surface area contributed by atoms with Crippen LogP contribution < -0.4 is 5.32 Å². The first-order valence-corrected chi connectivity index (χ1v) is 9.55.